The van der Waals surface area contributed by atoms with Gasteiger partial charge in [-0.3, -0.25) is 4.79 Å². The Morgan fingerprint density at radius 1 is 0.931 bits per heavy atom. The van der Waals surface area contributed by atoms with Gasteiger partial charge in [-0.25, -0.2) is 4.98 Å². The van der Waals surface area contributed by atoms with Crippen LogP contribution >= 0.6 is 0 Å². The highest BCUT2D eigenvalue weighted by Crippen LogP contribution is 2.29. The van der Waals surface area contributed by atoms with E-state index in [0.717, 1.165) is 53.7 Å². The second-order valence-corrected chi connectivity index (χ2v) is 7.68. The summed E-state index contributed by atoms with van der Waals surface area (Å²) in [6.07, 6.45) is 1.72. The number of benzene rings is 2. The van der Waals surface area contributed by atoms with Gasteiger partial charge < -0.3 is 14.4 Å². The average Bonchev–Trinajstić information content (AvgIpc) is 3.34. The molecule has 0 atom stereocenters. The number of pyridine rings is 1. The predicted octanol–water partition coefficient (Wildman–Crippen LogP) is 4.13. The minimum absolute atomic E-state index is 0.0764. The number of piperidine rings is 1. The molecule has 2 aliphatic rings. The van der Waals surface area contributed by atoms with Gasteiger partial charge in [-0.15, -0.1) is 0 Å². The third kappa shape index (κ3) is 3.63. The second kappa shape index (κ2) is 7.93. The summed E-state index contributed by atoms with van der Waals surface area (Å²) in [5, 5.41) is 0.904. The number of nitrogens with zero attached hydrogens (tertiary/aromatic N) is 2. The van der Waals surface area contributed by atoms with E-state index in [1.807, 2.05) is 65.6 Å². The molecule has 2 aromatic carbocycles. The molecule has 5 rings (SSSR count). The van der Waals surface area contributed by atoms with Gasteiger partial charge in [-0.2, -0.15) is 0 Å². The fourth-order valence-corrected chi connectivity index (χ4v) is 4.30. The van der Waals surface area contributed by atoms with Gasteiger partial charge in [-0.1, -0.05) is 48.5 Å². The van der Waals surface area contributed by atoms with Crippen molar-refractivity contribution >= 4 is 16.8 Å². The van der Waals surface area contributed by atoms with E-state index in [1.54, 1.807) is 0 Å². The third-order valence-electron chi connectivity index (χ3n) is 5.88. The van der Waals surface area contributed by atoms with Crippen molar-refractivity contribution in [2.24, 2.45) is 5.92 Å². The molecule has 1 aromatic heterocycles. The summed E-state index contributed by atoms with van der Waals surface area (Å²) < 4.78 is 11.3. The molecule has 2 fully saturated rings. The van der Waals surface area contributed by atoms with E-state index in [0.29, 0.717) is 19.1 Å². The number of amides is 1. The molecular weight excluding hydrogens is 364 g/mol. The zero-order valence-electron chi connectivity index (χ0n) is 16.3. The van der Waals surface area contributed by atoms with E-state index in [9.17, 15) is 4.79 Å². The molecule has 2 aliphatic heterocycles. The molecule has 5 nitrogen and oxygen atoms in total. The van der Waals surface area contributed by atoms with Crippen LogP contribution in [0.4, 0.5) is 0 Å². The largest absolute Gasteiger partial charge is 0.350 e. The van der Waals surface area contributed by atoms with Crippen LogP contribution < -0.4 is 0 Å². The number of hydrogen-bond donors (Lipinski definition) is 0. The molecular formula is C24H24N2O3. The lowest BCUT2D eigenvalue weighted by atomic mass is 9.95. The minimum atomic E-state index is -0.0984. The van der Waals surface area contributed by atoms with Crippen LogP contribution in [0.25, 0.3) is 22.2 Å². The Morgan fingerprint density at radius 2 is 1.62 bits per heavy atom. The van der Waals surface area contributed by atoms with E-state index < -0.39 is 0 Å². The maximum Gasteiger partial charge on any atom is 0.254 e. The van der Waals surface area contributed by atoms with Gasteiger partial charge in [0, 0.05) is 30.0 Å². The summed E-state index contributed by atoms with van der Waals surface area (Å²) in [7, 11) is 0. The molecule has 2 saturated heterocycles. The van der Waals surface area contributed by atoms with Crippen LogP contribution in [0.5, 0.6) is 0 Å². The molecule has 3 aromatic rings. The Kier molecular flexibility index (Phi) is 5.00. The smallest absolute Gasteiger partial charge is 0.254 e. The molecule has 0 aliphatic carbocycles. The summed E-state index contributed by atoms with van der Waals surface area (Å²) >= 11 is 0. The standard InChI is InChI=1S/C24H24N2O3/c27-23(26-12-10-18(11-13-26)24-28-14-15-29-24)20-16-22(17-6-2-1-3-7-17)25-21-9-5-4-8-19(20)21/h1-9,16,18,24H,10-15H2. The number of hydrogen-bond acceptors (Lipinski definition) is 4. The van der Waals surface area contributed by atoms with Crippen molar-refractivity contribution in [2.45, 2.75) is 19.1 Å². The Labute approximate surface area is 170 Å². The highest BCUT2D eigenvalue weighted by atomic mass is 16.7. The van der Waals surface area contributed by atoms with Crippen LogP contribution in [-0.4, -0.2) is 48.4 Å². The van der Waals surface area contributed by atoms with Crippen molar-refractivity contribution in [1.82, 2.24) is 9.88 Å². The highest BCUT2D eigenvalue weighted by molar-refractivity contribution is 6.07. The van der Waals surface area contributed by atoms with Crippen molar-refractivity contribution < 1.29 is 14.3 Å². The zero-order chi connectivity index (χ0) is 19.6. The summed E-state index contributed by atoms with van der Waals surface area (Å²) in [6, 6.07) is 19.8. The number of carbonyl (C=O) groups is 1. The van der Waals surface area contributed by atoms with Crippen LogP contribution in [0.3, 0.4) is 0 Å². The Hall–Kier alpha value is -2.76. The lowest BCUT2D eigenvalue weighted by Crippen LogP contribution is -2.41. The maximum atomic E-state index is 13.5. The predicted molar refractivity (Wildman–Crippen MR) is 111 cm³/mol. The van der Waals surface area contributed by atoms with E-state index in [-0.39, 0.29) is 12.2 Å². The quantitative estimate of drug-likeness (QED) is 0.677. The first kappa shape index (κ1) is 18.3. The number of likely N-dealkylation sites (tertiary alicyclic amines) is 1. The summed E-state index contributed by atoms with van der Waals surface area (Å²) in [6.45, 7) is 2.80. The first-order chi connectivity index (χ1) is 14.3. The molecule has 29 heavy (non-hydrogen) atoms. The van der Waals surface area contributed by atoms with Gasteiger partial charge in [0.2, 0.25) is 0 Å². The lowest BCUT2D eigenvalue weighted by Gasteiger charge is -2.34. The molecule has 0 bridgehead atoms. The molecule has 0 unspecified atom stereocenters. The minimum Gasteiger partial charge on any atom is -0.350 e. The Morgan fingerprint density at radius 3 is 2.38 bits per heavy atom. The van der Waals surface area contributed by atoms with Gasteiger partial charge in [0.05, 0.1) is 30.0 Å². The van der Waals surface area contributed by atoms with E-state index >= 15 is 0 Å². The highest BCUT2D eigenvalue weighted by Gasteiger charge is 2.32. The van der Waals surface area contributed by atoms with Crippen LogP contribution in [0.2, 0.25) is 0 Å². The summed E-state index contributed by atoms with van der Waals surface area (Å²) in [4.78, 5) is 20.2. The van der Waals surface area contributed by atoms with Crippen molar-refractivity contribution in [3.05, 3.63) is 66.2 Å². The Bertz CT molecular complexity index is 1010. The second-order valence-electron chi connectivity index (χ2n) is 7.68. The number of fused-ring (bicyclic) bond motifs is 1. The first-order valence-corrected chi connectivity index (χ1v) is 10.3. The van der Waals surface area contributed by atoms with Gasteiger partial charge >= 0.3 is 0 Å². The van der Waals surface area contributed by atoms with Gasteiger partial charge in [0.15, 0.2) is 6.29 Å². The molecule has 1 amide bonds. The number of rotatable bonds is 3. The SMILES string of the molecule is O=C(c1cc(-c2ccccc2)nc2ccccc12)N1CCC(C2OCCO2)CC1. The molecule has 5 heteroatoms. The first-order valence-electron chi connectivity index (χ1n) is 10.3. The lowest BCUT2D eigenvalue weighted by molar-refractivity contribution is -0.0956. The van der Waals surface area contributed by atoms with Crippen LogP contribution in [0, 0.1) is 5.92 Å². The van der Waals surface area contributed by atoms with Gasteiger partial charge in [-0.05, 0) is 25.0 Å². The molecule has 0 saturated carbocycles. The monoisotopic (exact) mass is 388 g/mol. The Balaban J connectivity index is 1.44. The topological polar surface area (TPSA) is 51.7 Å². The fraction of sp³-hybridized carbons (Fsp3) is 0.333. The molecule has 0 radical (unpaired) electrons. The van der Waals surface area contributed by atoms with E-state index in [1.165, 1.54) is 0 Å². The number of ether oxygens (including phenoxy) is 2. The van der Waals surface area contributed by atoms with Crippen molar-refractivity contribution in [2.75, 3.05) is 26.3 Å². The van der Waals surface area contributed by atoms with Crippen LogP contribution in [-0.2, 0) is 9.47 Å². The average molecular weight is 388 g/mol. The number of aromatic nitrogens is 1. The molecule has 3 heterocycles. The van der Waals surface area contributed by atoms with Crippen LogP contribution in [0.15, 0.2) is 60.7 Å². The molecule has 0 N–H and O–H groups in total. The zero-order valence-corrected chi connectivity index (χ0v) is 16.3. The third-order valence-corrected chi connectivity index (χ3v) is 5.88. The molecule has 148 valence electrons. The van der Waals surface area contributed by atoms with Gasteiger partial charge in [0.25, 0.3) is 5.91 Å². The summed E-state index contributed by atoms with van der Waals surface area (Å²) in [5.74, 6) is 0.447. The maximum absolute atomic E-state index is 13.5. The van der Waals surface area contributed by atoms with Crippen molar-refractivity contribution in [3.63, 3.8) is 0 Å². The van der Waals surface area contributed by atoms with Crippen molar-refractivity contribution in [1.29, 1.82) is 0 Å². The number of para-hydroxylation sites is 1. The van der Waals surface area contributed by atoms with E-state index in [2.05, 4.69) is 0 Å². The fourth-order valence-electron chi connectivity index (χ4n) is 4.30. The van der Waals surface area contributed by atoms with Gasteiger partial charge in [0.1, 0.15) is 0 Å². The summed E-state index contributed by atoms with van der Waals surface area (Å²) in [5.41, 5.74) is 3.41. The normalized spacial score (nSPS) is 18.4. The molecule has 0 spiro atoms. The van der Waals surface area contributed by atoms with Crippen LogP contribution in [0.1, 0.15) is 23.2 Å². The van der Waals surface area contributed by atoms with E-state index in [4.69, 9.17) is 14.5 Å². The number of carbonyl (C=O) groups excluding carboxylic acids is 1. The van der Waals surface area contributed by atoms with Crippen molar-refractivity contribution in [3.8, 4) is 11.3 Å².